The summed E-state index contributed by atoms with van der Waals surface area (Å²) in [4.78, 5) is 156. The number of carboxylic acids is 2. The molecule has 2 heterocycles. The van der Waals surface area contributed by atoms with Crippen LogP contribution in [0.15, 0.2) is 85.1 Å². The van der Waals surface area contributed by atoms with Gasteiger partial charge < -0.3 is 98.4 Å². The molecule has 0 saturated carbocycles. The zero-order valence-electron chi connectivity index (χ0n) is 54.5. The Morgan fingerprint density at radius 3 is 1.56 bits per heavy atom. The number of nitrogens with zero attached hydrogens (tertiary/aromatic N) is 3. The quantitative estimate of drug-likeness (QED) is 0.00855. The van der Waals surface area contributed by atoms with Crippen LogP contribution in [0.25, 0.3) is 10.9 Å². The van der Waals surface area contributed by atoms with E-state index in [1.54, 1.807) is 65.7 Å². The summed E-state index contributed by atoms with van der Waals surface area (Å²) in [6.07, 6.45) is -2.87. The number of rotatable bonds is 39. The molecule has 1 fully saturated rings. The summed E-state index contributed by atoms with van der Waals surface area (Å²) >= 11 is 8.52. The zero-order valence-corrected chi connectivity index (χ0v) is 59.7. The van der Waals surface area contributed by atoms with Crippen LogP contribution in [0.3, 0.4) is 0 Å². The van der Waals surface area contributed by atoms with Crippen LogP contribution in [0.2, 0.25) is 0 Å². The van der Waals surface area contributed by atoms with Crippen molar-refractivity contribution in [3.05, 3.63) is 102 Å². The zero-order chi connectivity index (χ0) is 71.4. The van der Waals surface area contributed by atoms with E-state index in [1.807, 2.05) is 0 Å². The van der Waals surface area contributed by atoms with E-state index in [4.69, 9.17) is 5.73 Å². The van der Waals surface area contributed by atoms with E-state index in [0.717, 1.165) is 0 Å². The number of aliphatic carboxylic acids is 2. The summed E-state index contributed by atoms with van der Waals surface area (Å²) in [6.45, 7) is 2.00. The number of nitrogens with two attached hydrogens (primary N) is 1. The molecular weight excluding hydrogens is 1390 g/mol. The normalized spacial score (nSPS) is 16.8. The molecule has 1 aliphatic heterocycles. The van der Waals surface area contributed by atoms with E-state index in [-0.39, 0.29) is 115 Å². The Morgan fingerprint density at radius 2 is 1.04 bits per heavy atom. The number of aromatic amines is 1. The molecule has 0 radical (unpaired) electrons. The first-order chi connectivity index (χ1) is 46.1. The molecule has 1 aromatic heterocycles. The number of hydrogen-bond acceptors (Lipinski definition) is 23. The van der Waals surface area contributed by atoms with Gasteiger partial charge in [0.05, 0.1) is 43.1 Å². The molecule has 5 rings (SSSR count). The van der Waals surface area contributed by atoms with Crippen LogP contribution in [0.5, 0.6) is 5.75 Å². The minimum atomic E-state index is -4.19. The van der Waals surface area contributed by atoms with Crippen LogP contribution in [-0.4, -0.2) is 269 Å². The van der Waals surface area contributed by atoms with Crippen molar-refractivity contribution in [2.75, 3.05) is 89.5 Å². The Balaban J connectivity index is 0.0000204. The second-order valence-electron chi connectivity index (χ2n) is 23.8. The molecule has 35 heteroatoms. The molecule has 0 aliphatic carbocycles. The van der Waals surface area contributed by atoms with Crippen molar-refractivity contribution in [3.63, 3.8) is 0 Å². The topological polar surface area (TPSA) is 486 Å². The molecule has 1 saturated heterocycles. The first kappa shape index (κ1) is 83.4. The summed E-state index contributed by atoms with van der Waals surface area (Å²) in [6, 6.07) is 9.03. The minimum absolute atomic E-state index is 0. The third kappa shape index (κ3) is 28.3. The maximum absolute atomic E-state index is 15.0. The summed E-state index contributed by atoms with van der Waals surface area (Å²) in [5, 5.41) is 86.8. The van der Waals surface area contributed by atoms with E-state index in [2.05, 4.69) is 72.8 Å². The number of para-hydroxylation sites is 1. The smallest absolute Gasteiger partial charge is 0.872 e. The molecule has 4 aromatic rings. The fraction of sp³-hybridized carbons (Fsp3) is 0.524. The van der Waals surface area contributed by atoms with Gasteiger partial charge in [0.1, 0.15) is 42.3 Å². The average Bonchev–Trinajstić information content (AvgIpc) is 1.62. The average molecular weight is 1480 g/mol. The predicted molar refractivity (Wildman–Crippen MR) is 363 cm³/mol. The molecule has 31 nitrogen and oxygen atoms in total. The second-order valence-corrected chi connectivity index (χ2v) is 27.0. The number of thiol groups is 2. The number of carbonyl (C=O) groups is 10. The van der Waals surface area contributed by atoms with E-state index in [0.29, 0.717) is 34.0 Å². The predicted octanol–water partition coefficient (Wildman–Crippen LogP) is -6.45. The molecule has 8 amide bonds. The molecule has 1 unspecified atom stereocenters. The summed E-state index contributed by atoms with van der Waals surface area (Å²) in [7, 11) is -4.19. The third-order valence-corrected chi connectivity index (χ3v) is 18.5. The number of benzene rings is 3. The van der Waals surface area contributed by atoms with Crippen molar-refractivity contribution >= 4 is 123 Å². The molecule has 3 aromatic carbocycles. The Kier molecular flexibility index (Phi) is 35.8. The molecule has 11 atom stereocenters. The number of carbonyl (C=O) groups excluding carboxylic acids is 10. The monoisotopic (exact) mass is 1480 g/mol. The third-order valence-electron chi connectivity index (χ3n) is 16.1. The number of aromatic nitrogens is 1. The van der Waals surface area contributed by atoms with E-state index in [9.17, 15) is 88.0 Å². The molecule has 0 spiro atoms. The molecule has 534 valence electrons. The number of hydrogen-bond donors (Lipinski definition) is 16. The van der Waals surface area contributed by atoms with E-state index >= 15 is 0 Å². The number of H-pyrrole nitrogens is 1. The SMILES string of the molecule is C[C@@H](O)[C@H](NC(=O)[C@H](CCCCN)NC(=O)[C@H](Cc1c[nH]c2ccccc12)NC(=O)[C@H](Cc1ccc([O-])cc1)NC(=O)[C@H](CS)NC(=O)[C@H](Cc1ccccc1)NC(=O)CCP(=O)(O)CN1CCN(CC(=O)[O-])CCN(CC(=O)[O-])CC1)C(=O)N[C@@H](CS)C(=O)N[C@H](CO)[C@@H](C)O.[67Ga+3]. The van der Waals surface area contributed by atoms with E-state index < -0.39 is 166 Å². The summed E-state index contributed by atoms with van der Waals surface area (Å²) < 4.78 is 13.7. The van der Waals surface area contributed by atoms with Gasteiger partial charge in [-0.1, -0.05) is 72.8 Å². The number of carboxylic acid groups (broad SMARTS) is 2. The first-order valence-electron chi connectivity index (χ1n) is 31.7. The van der Waals surface area contributed by atoms with Crippen molar-refractivity contribution in [2.45, 2.75) is 119 Å². The maximum Gasteiger partial charge on any atom is 3.00 e. The van der Waals surface area contributed by atoms with Gasteiger partial charge in [-0.05, 0) is 62.4 Å². The number of amides is 8. The standard InChI is InChI=1S/C63H92N13O18PS2.Ga/c1-38(78)50(34-77)70-62(91)52(36-97)72-63(92)56(39(2)79)73-57(86)46(14-8-9-20-64)67-60(89)49(30-42-31-65-45-13-7-6-12-44(42)45)69-59(88)48(29-41-15-17-43(80)18-16-41)68-61(90)51(35-96)71-58(87)47(28-40-10-4-3-5-11-40)66-53(81)19-27-95(93,94)37-76-25-23-74(32-54(82)83)21-22-75(24-26-76)33-55(84)85;/h3-7,10-13,15-18,31,38-39,46-52,56,65,77-80,96-97H,8-9,14,19-30,32-37,64H2,1-2H3,(H,66,81)(H,67,89)(H,68,90)(H,69,88)(H,70,91)(H,71,87)(H,72,92)(H,73,86)(H,82,83)(H,84,85)(H,93,94);/q;+3/p-3/t38-,39-,46+,47+,48+,49+,50-,51+,52+,56+;/m1./s1/i;1-3. The van der Waals surface area contributed by atoms with Crippen molar-refractivity contribution in [2.24, 2.45) is 5.73 Å². The van der Waals surface area contributed by atoms with Gasteiger partial charge in [-0.3, -0.25) is 57.6 Å². The molecule has 15 N–H and O–H groups in total. The van der Waals surface area contributed by atoms with Crippen LogP contribution in [0.4, 0.5) is 0 Å². The number of unbranched alkanes of at least 4 members (excludes halogenated alkanes) is 1. The number of aliphatic hydroxyl groups is 3. The van der Waals surface area contributed by atoms with Crippen LogP contribution in [-0.2, 0) is 71.8 Å². The maximum atomic E-state index is 15.0. The Bertz CT molecular complexity index is 3300. The Labute approximate surface area is 591 Å². The molecule has 1 aliphatic rings. The Hall–Kier alpha value is -7.05. The van der Waals surface area contributed by atoms with Crippen molar-refractivity contribution in [1.29, 1.82) is 0 Å². The largest absolute Gasteiger partial charge is 3.00 e. The van der Waals surface area contributed by atoms with E-state index in [1.165, 1.54) is 47.9 Å². The van der Waals surface area contributed by atoms with Crippen LogP contribution >= 0.6 is 32.6 Å². The van der Waals surface area contributed by atoms with Gasteiger partial charge in [-0.2, -0.15) is 25.3 Å². The van der Waals surface area contributed by atoms with Gasteiger partial charge in [-0.25, -0.2) is 0 Å². The molecular formula is C63H89GaN13O18PS2. The van der Waals surface area contributed by atoms with Crippen molar-refractivity contribution in [3.8, 4) is 5.75 Å². The van der Waals surface area contributed by atoms with Gasteiger partial charge in [-0.15, -0.1) is 5.75 Å². The molecule has 0 bridgehead atoms. The Morgan fingerprint density at radius 1 is 0.582 bits per heavy atom. The van der Waals surface area contributed by atoms with Crippen molar-refractivity contribution < 1.29 is 88.0 Å². The van der Waals surface area contributed by atoms with Gasteiger partial charge in [0.25, 0.3) is 0 Å². The van der Waals surface area contributed by atoms with Gasteiger partial charge in [0.2, 0.25) is 54.6 Å². The number of nitrogens with one attached hydrogen (secondary N) is 9. The fourth-order valence-corrected chi connectivity index (χ4v) is 12.7. The first-order valence-corrected chi connectivity index (χ1v) is 35.0. The van der Waals surface area contributed by atoms with Gasteiger partial charge in [0.15, 0.2) is 0 Å². The number of fused-ring (bicyclic) bond motifs is 1. The van der Waals surface area contributed by atoms with Gasteiger partial charge >= 0.3 is 19.8 Å². The van der Waals surface area contributed by atoms with Gasteiger partial charge in [0, 0.05) is 113 Å². The fourth-order valence-electron chi connectivity index (χ4n) is 10.6. The van der Waals surface area contributed by atoms with Crippen LogP contribution in [0.1, 0.15) is 56.2 Å². The van der Waals surface area contributed by atoms with Crippen molar-refractivity contribution in [1.82, 2.24) is 62.2 Å². The summed E-state index contributed by atoms with van der Waals surface area (Å²) in [5.74, 6) is -11.2. The number of aliphatic hydroxyl groups excluding tert-OH is 3. The van der Waals surface area contributed by atoms with Crippen LogP contribution < -0.4 is 63.6 Å². The summed E-state index contributed by atoms with van der Waals surface area (Å²) in [5.41, 5.74) is 7.92. The minimum Gasteiger partial charge on any atom is -0.872 e. The second kappa shape index (κ2) is 42.1. The van der Waals surface area contributed by atoms with Crippen LogP contribution in [0, 0.1) is 0 Å². The molecule has 98 heavy (non-hydrogen) atoms.